The van der Waals surface area contributed by atoms with E-state index in [1.807, 2.05) is 0 Å². The van der Waals surface area contributed by atoms with Crippen LogP contribution in [-0.4, -0.2) is 37.9 Å². The van der Waals surface area contributed by atoms with Gasteiger partial charge in [0.15, 0.2) is 6.61 Å². The monoisotopic (exact) mass is 344 g/mol. The van der Waals surface area contributed by atoms with Gasteiger partial charge in [0.1, 0.15) is 5.75 Å². The lowest BCUT2D eigenvalue weighted by atomic mass is 10.1. The Morgan fingerprint density at radius 3 is 2.73 bits per heavy atom. The Kier molecular flexibility index (Phi) is 6.49. The molecular formula is C15H20Cl2N3O2+. The first kappa shape index (κ1) is 17.1. The molecule has 7 heteroatoms. The predicted molar refractivity (Wildman–Crippen MR) is 88.0 cm³/mol. The van der Waals surface area contributed by atoms with Gasteiger partial charge in [-0.1, -0.05) is 23.2 Å². The van der Waals surface area contributed by atoms with E-state index in [9.17, 15) is 4.79 Å². The van der Waals surface area contributed by atoms with Gasteiger partial charge >= 0.3 is 0 Å². The summed E-state index contributed by atoms with van der Waals surface area (Å²) in [5.74, 6) is 0.123. The third-order valence-corrected chi connectivity index (χ3v) is 4.16. The number of hydrogen-bond acceptors (Lipinski definition) is 3. The zero-order valence-corrected chi connectivity index (χ0v) is 14.0. The quantitative estimate of drug-likeness (QED) is 0.796. The molecule has 0 spiro atoms. The van der Waals surface area contributed by atoms with Crippen LogP contribution in [0.3, 0.4) is 0 Å². The van der Waals surface area contributed by atoms with E-state index in [1.165, 1.54) is 0 Å². The van der Waals surface area contributed by atoms with E-state index in [0.717, 1.165) is 38.2 Å². The summed E-state index contributed by atoms with van der Waals surface area (Å²) < 4.78 is 5.35. The van der Waals surface area contributed by atoms with Gasteiger partial charge in [0.25, 0.3) is 5.91 Å². The molecule has 1 aromatic carbocycles. The van der Waals surface area contributed by atoms with Crippen LogP contribution in [0.25, 0.3) is 0 Å². The average molecular weight is 345 g/mol. The van der Waals surface area contributed by atoms with E-state index in [2.05, 4.69) is 17.5 Å². The largest absolute Gasteiger partial charge is 0.482 e. The number of rotatable bonds is 5. The highest BCUT2D eigenvalue weighted by Gasteiger charge is 2.16. The van der Waals surface area contributed by atoms with Gasteiger partial charge in [-0.05, 0) is 25.1 Å². The minimum atomic E-state index is -0.302. The van der Waals surface area contributed by atoms with Crippen LogP contribution in [0.2, 0.25) is 10.0 Å². The number of halogens is 2. The molecule has 1 amide bonds. The van der Waals surface area contributed by atoms with Crippen molar-refractivity contribution in [1.29, 1.82) is 0 Å². The molecule has 0 unspecified atom stereocenters. The number of amides is 1. The lowest BCUT2D eigenvalue weighted by Gasteiger charge is -2.23. The van der Waals surface area contributed by atoms with Crippen LogP contribution in [0.15, 0.2) is 23.3 Å². The third-order valence-electron chi connectivity index (χ3n) is 3.63. The van der Waals surface area contributed by atoms with Crippen molar-refractivity contribution in [3.8, 4) is 5.75 Å². The second kappa shape index (κ2) is 8.36. The van der Waals surface area contributed by atoms with E-state index in [-0.39, 0.29) is 12.5 Å². The Hall–Kier alpha value is -1.30. The van der Waals surface area contributed by atoms with E-state index in [0.29, 0.717) is 15.8 Å². The Labute approximate surface area is 140 Å². The highest BCUT2D eigenvalue weighted by atomic mass is 35.5. The number of piperidine rings is 1. The number of hydrogen-bond donors (Lipinski definition) is 2. The standard InChI is InChI=1S/C15H19Cl2N3O2/c1-2-20-7-5-12(6-8-20)18-19-15(21)10-22-14-4-3-11(16)9-13(14)17/h3-4,9H,2,5-8,10H2,1H3,(H,19,21)/p+1. The number of ether oxygens (including phenoxy) is 1. The van der Waals surface area contributed by atoms with Gasteiger partial charge in [0.2, 0.25) is 0 Å². The van der Waals surface area contributed by atoms with Crippen LogP contribution in [0.4, 0.5) is 0 Å². The van der Waals surface area contributed by atoms with Gasteiger partial charge in [-0.3, -0.25) is 4.79 Å². The van der Waals surface area contributed by atoms with Crippen molar-refractivity contribution in [3.63, 3.8) is 0 Å². The van der Waals surface area contributed by atoms with E-state index < -0.39 is 0 Å². The molecule has 1 aliphatic rings. The lowest BCUT2D eigenvalue weighted by Crippen LogP contribution is -3.12. The number of hydrazone groups is 1. The molecule has 1 saturated heterocycles. The molecule has 0 aliphatic carbocycles. The fraction of sp³-hybridized carbons (Fsp3) is 0.467. The Morgan fingerprint density at radius 1 is 1.36 bits per heavy atom. The minimum Gasteiger partial charge on any atom is -0.482 e. The molecule has 1 aliphatic heterocycles. The smallest absolute Gasteiger partial charge is 0.277 e. The molecule has 1 aromatic rings. The van der Waals surface area contributed by atoms with Gasteiger partial charge in [0, 0.05) is 23.6 Å². The van der Waals surface area contributed by atoms with Crippen molar-refractivity contribution >= 4 is 34.8 Å². The van der Waals surface area contributed by atoms with Crippen LogP contribution in [0.5, 0.6) is 5.75 Å². The summed E-state index contributed by atoms with van der Waals surface area (Å²) in [6, 6.07) is 4.86. The fourth-order valence-corrected chi connectivity index (χ4v) is 2.73. The van der Waals surface area contributed by atoms with Gasteiger partial charge in [-0.15, -0.1) is 0 Å². The van der Waals surface area contributed by atoms with E-state index in [1.54, 1.807) is 23.1 Å². The van der Waals surface area contributed by atoms with Crippen LogP contribution in [-0.2, 0) is 4.79 Å². The number of nitrogens with one attached hydrogen (secondary N) is 2. The second-order valence-electron chi connectivity index (χ2n) is 5.18. The maximum absolute atomic E-state index is 11.7. The van der Waals surface area contributed by atoms with Crippen LogP contribution >= 0.6 is 23.2 Å². The molecular weight excluding hydrogens is 325 g/mol. The summed E-state index contributed by atoms with van der Waals surface area (Å²) in [7, 11) is 0. The maximum Gasteiger partial charge on any atom is 0.277 e. The highest BCUT2D eigenvalue weighted by Crippen LogP contribution is 2.27. The first-order valence-electron chi connectivity index (χ1n) is 7.34. The van der Waals surface area contributed by atoms with Crippen molar-refractivity contribution in [2.45, 2.75) is 19.8 Å². The van der Waals surface area contributed by atoms with Gasteiger partial charge in [0.05, 0.1) is 24.7 Å². The van der Waals surface area contributed by atoms with Crippen molar-refractivity contribution in [2.24, 2.45) is 5.10 Å². The summed E-state index contributed by atoms with van der Waals surface area (Å²) in [6.07, 6.45) is 1.85. The molecule has 1 heterocycles. The molecule has 120 valence electrons. The third kappa shape index (κ3) is 5.16. The molecule has 5 nitrogen and oxygen atoms in total. The summed E-state index contributed by atoms with van der Waals surface area (Å²) in [5.41, 5.74) is 3.57. The molecule has 22 heavy (non-hydrogen) atoms. The maximum atomic E-state index is 11.7. The molecule has 1 fully saturated rings. The van der Waals surface area contributed by atoms with Crippen LogP contribution in [0, 0.1) is 0 Å². The average Bonchev–Trinajstić information content (AvgIpc) is 2.52. The van der Waals surface area contributed by atoms with Crippen LogP contribution in [0.1, 0.15) is 19.8 Å². The molecule has 0 atom stereocenters. The van der Waals surface area contributed by atoms with Crippen molar-refractivity contribution < 1.29 is 14.4 Å². The molecule has 0 radical (unpaired) electrons. The molecule has 0 aromatic heterocycles. The van der Waals surface area contributed by atoms with Crippen molar-refractivity contribution in [2.75, 3.05) is 26.2 Å². The molecule has 0 bridgehead atoms. The summed E-state index contributed by atoms with van der Waals surface area (Å²) in [4.78, 5) is 13.3. The first-order chi connectivity index (χ1) is 10.6. The number of carbonyl (C=O) groups is 1. The highest BCUT2D eigenvalue weighted by molar-refractivity contribution is 6.35. The zero-order valence-electron chi connectivity index (χ0n) is 12.5. The molecule has 2 N–H and O–H groups in total. The van der Waals surface area contributed by atoms with Crippen molar-refractivity contribution in [3.05, 3.63) is 28.2 Å². The van der Waals surface area contributed by atoms with Gasteiger partial charge in [-0.25, -0.2) is 5.43 Å². The Balaban J connectivity index is 1.76. The SMILES string of the molecule is CC[NH+]1CCC(=NNC(=O)COc2ccc(Cl)cc2Cl)CC1. The lowest BCUT2D eigenvalue weighted by molar-refractivity contribution is -0.899. The number of nitrogens with zero attached hydrogens (tertiary/aromatic N) is 1. The Bertz CT molecular complexity index is 554. The first-order valence-corrected chi connectivity index (χ1v) is 8.09. The minimum absolute atomic E-state index is 0.134. The predicted octanol–water partition coefficient (Wildman–Crippen LogP) is 1.54. The second-order valence-corrected chi connectivity index (χ2v) is 6.02. The topological polar surface area (TPSA) is 55.1 Å². The number of benzene rings is 1. The molecule has 0 saturated carbocycles. The number of carbonyl (C=O) groups excluding carboxylic acids is 1. The van der Waals surface area contributed by atoms with Crippen LogP contribution < -0.4 is 15.1 Å². The summed E-state index contributed by atoms with van der Waals surface area (Å²) >= 11 is 11.8. The van der Waals surface area contributed by atoms with Gasteiger partial charge < -0.3 is 9.64 Å². The number of likely N-dealkylation sites (tertiary alicyclic amines) is 1. The summed E-state index contributed by atoms with van der Waals surface area (Å²) in [5, 5.41) is 5.07. The number of quaternary nitrogens is 1. The van der Waals surface area contributed by atoms with E-state index >= 15 is 0 Å². The normalized spacial score (nSPS) is 18.0. The zero-order chi connectivity index (χ0) is 15.9. The van der Waals surface area contributed by atoms with E-state index in [4.69, 9.17) is 27.9 Å². The Morgan fingerprint density at radius 2 is 2.09 bits per heavy atom. The van der Waals surface area contributed by atoms with Gasteiger partial charge in [-0.2, -0.15) is 5.10 Å². The molecule has 2 rings (SSSR count). The summed E-state index contributed by atoms with van der Waals surface area (Å²) in [6.45, 7) is 5.32. The fourth-order valence-electron chi connectivity index (χ4n) is 2.27. The van der Waals surface area contributed by atoms with Crippen molar-refractivity contribution in [1.82, 2.24) is 5.43 Å².